The first-order valence-electron chi connectivity index (χ1n) is 6.76. The van der Waals surface area contributed by atoms with Crippen molar-refractivity contribution in [3.63, 3.8) is 0 Å². The number of hydrogen-bond donors (Lipinski definition) is 1. The molecular formula is C14H19F3N2S. The lowest BCUT2D eigenvalue weighted by molar-refractivity contribution is -0.0328. The maximum Gasteiger partial charge on any atom is 0.441 e. The fourth-order valence-corrected chi connectivity index (χ4v) is 2.98. The predicted octanol–water partition coefficient (Wildman–Crippen LogP) is 3.28. The van der Waals surface area contributed by atoms with Gasteiger partial charge in [-0.2, -0.15) is 13.2 Å². The van der Waals surface area contributed by atoms with Gasteiger partial charge in [-0.1, -0.05) is 30.3 Å². The molecule has 1 aliphatic heterocycles. The van der Waals surface area contributed by atoms with E-state index in [4.69, 9.17) is 0 Å². The van der Waals surface area contributed by atoms with E-state index in [-0.39, 0.29) is 23.6 Å². The van der Waals surface area contributed by atoms with Gasteiger partial charge in [0.25, 0.3) is 0 Å². The number of benzene rings is 1. The van der Waals surface area contributed by atoms with Crippen LogP contribution in [-0.2, 0) is 0 Å². The summed E-state index contributed by atoms with van der Waals surface area (Å²) in [5.74, 6) is 0.102. The number of halogens is 3. The Morgan fingerprint density at radius 2 is 2.00 bits per heavy atom. The van der Waals surface area contributed by atoms with Gasteiger partial charge in [-0.3, -0.25) is 0 Å². The van der Waals surface area contributed by atoms with Crippen molar-refractivity contribution in [1.29, 1.82) is 0 Å². The molecule has 1 N–H and O–H groups in total. The van der Waals surface area contributed by atoms with Gasteiger partial charge in [-0.05, 0) is 36.8 Å². The molecule has 0 radical (unpaired) electrons. The summed E-state index contributed by atoms with van der Waals surface area (Å²) in [6.07, 6.45) is 0.972. The highest BCUT2D eigenvalue weighted by molar-refractivity contribution is 8.00. The van der Waals surface area contributed by atoms with Gasteiger partial charge in [0, 0.05) is 24.9 Å². The monoisotopic (exact) mass is 304 g/mol. The van der Waals surface area contributed by atoms with Crippen LogP contribution in [0.25, 0.3) is 0 Å². The van der Waals surface area contributed by atoms with Gasteiger partial charge in [0.15, 0.2) is 0 Å². The highest BCUT2D eigenvalue weighted by Crippen LogP contribution is 2.30. The zero-order chi connectivity index (χ0) is 14.4. The molecule has 2 nitrogen and oxygen atoms in total. The van der Waals surface area contributed by atoms with E-state index in [0.717, 1.165) is 26.1 Å². The molecule has 1 unspecified atom stereocenters. The molecule has 1 aromatic rings. The van der Waals surface area contributed by atoms with Gasteiger partial charge >= 0.3 is 5.51 Å². The largest absolute Gasteiger partial charge is 0.441 e. The summed E-state index contributed by atoms with van der Waals surface area (Å²) < 4.78 is 36.5. The molecule has 0 aromatic heterocycles. The molecule has 0 bridgehead atoms. The minimum Gasteiger partial charge on any atom is -0.309 e. The lowest BCUT2D eigenvalue weighted by atomic mass is 10.1. The van der Waals surface area contributed by atoms with E-state index in [1.165, 1.54) is 5.56 Å². The molecule has 112 valence electrons. The summed E-state index contributed by atoms with van der Waals surface area (Å²) in [6, 6.07) is 10.3. The van der Waals surface area contributed by atoms with Crippen molar-refractivity contribution < 1.29 is 13.2 Å². The van der Waals surface area contributed by atoms with Crippen molar-refractivity contribution in [2.24, 2.45) is 0 Å². The third-order valence-electron chi connectivity index (χ3n) is 3.36. The molecule has 1 atom stereocenters. The van der Waals surface area contributed by atoms with Crippen LogP contribution in [0.1, 0.15) is 18.0 Å². The van der Waals surface area contributed by atoms with E-state index in [1.807, 2.05) is 18.2 Å². The highest BCUT2D eigenvalue weighted by atomic mass is 32.2. The summed E-state index contributed by atoms with van der Waals surface area (Å²) in [6.45, 7) is 3.01. The lowest BCUT2D eigenvalue weighted by Gasteiger charge is -2.24. The normalized spacial score (nSPS) is 21.6. The van der Waals surface area contributed by atoms with Crippen LogP contribution in [0.3, 0.4) is 0 Å². The van der Waals surface area contributed by atoms with Gasteiger partial charge in [-0.15, -0.1) is 0 Å². The van der Waals surface area contributed by atoms with Gasteiger partial charge in [0.05, 0.1) is 0 Å². The molecule has 1 heterocycles. The Morgan fingerprint density at radius 3 is 2.70 bits per heavy atom. The number of alkyl halides is 3. The van der Waals surface area contributed by atoms with Crippen LogP contribution in [0, 0.1) is 0 Å². The summed E-state index contributed by atoms with van der Waals surface area (Å²) in [4.78, 5) is 2.12. The smallest absolute Gasteiger partial charge is 0.309 e. The maximum absolute atomic E-state index is 12.2. The fourth-order valence-electron chi connectivity index (χ4n) is 2.40. The molecule has 6 heteroatoms. The Hall–Kier alpha value is -0.720. The fraction of sp³-hybridized carbons (Fsp3) is 0.571. The first-order chi connectivity index (χ1) is 9.54. The maximum atomic E-state index is 12.2. The average molecular weight is 304 g/mol. The summed E-state index contributed by atoms with van der Waals surface area (Å²) in [5.41, 5.74) is -2.92. The van der Waals surface area contributed by atoms with Crippen LogP contribution in [0.15, 0.2) is 30.3 Å². The van der Waals surface area contributed by atoms with Crippen LogP contribution < -0.4 is 5.32 Å². The van der Waals surface area contributed by atoms with Crippen molar-refractivity contribution in [2.45, 2.75) is 18.0 Å². The van der Waals surface area contributed by atoms with Crippen LogP contribution in [-0.4, -0.2) is 42.3 Å². The summed E-state index contributed by atoms with van der Waals surface area (Å²) in [5, 5.41) is 3.46. The van der Waals surface area contributed by atoms with Crippen LogP contribution in [0.5, 0.6) is 0 Å². The lowest BCUT2D eigenvalue weighted by Crippen LogP contribution is -2.33. The number of nitrogens with zero attached hydrogens (tertiary/aromatic N) is 1. The second-order valence-electron chi connectivity index (χ2n) is 4.87. The van der Waals surface area contributed by atoms with E-state index < -0.39 is 5.51 Å². The SMILES string of the molecule is FC(F)(F)SCCN1CCCNC(c2ccccc2)C1. The van der Waals surface area contributed by atoms with Gasteiger partial charge in [0.2, 0.25) is 0 Å². The zero-order valence-electron chi connectivity index (χ0n) is 11.2. The van der Waals surface area contributed by atoms with E-state index in [0.29, 0.717) is 6.54 Å². The van der Waals surface area contributed by atoms with E-state index >= 15 is 0 Å². The van der Waals surface area contributed by atoms with Gasteiger partial charge < -0.3 is 10.2 Å². The number of thioether (sulfide) groups is 1. The number of rotatable bonds is 4. The van der Waals surface area contributed by atoms with E-state index in [1.54, 1.807) is 0 Å². The van der Waals surface area contributed by atoms with Crippen molar-refractivity contribution >= 4 is 11.8 Å². The van der Waals surface area contributed by atoms with Crippen LogP contribution >= 0.6 is 11.8 Å². The molecule has 1 aromatic carbocycles. The third-order valence-corrected chi connectivity index (χ3v) is 4.07. The Morgan fingerprint density at radius 1 is 1.25 bits per heavy atom. The van der Waals surface area contributed by atoms with Gasteiger partial charge in [-0.25, -0.2) is 0 Å². The molecule has 20 heavy (non-hydrogen) atoms. The molecule has 0 spiro atoms. The minimum atomic E-state index is -4.12. The molecule has 2 rings (SSSR count). The molecular weight excluding hydrogens is 285 g/mol. The first-order valence-corrected chi connectivity index (χ1v) is 7.74. The highest BCUT2D eigenvalue weighted by Gasteiger charge is 2.28. The Kier molecular flexibility index (Phi) is 5.74. The second-order valence-corrected chi connectivity index (χ2v) is 6.03. The number of hydrogen-bond acceptors (Lipinski definition) is 3. The quantitative estimate of drug-likeness (QED) is 0.919. The van der Waals surface area contributed by atoms with Crippen LogP contribution in [0.4, 0.5) is 13.2 Å². The van der Waals surface area contributed by atoms with E-state index in [9.17, 15) is 13.2 Å². The topological polar surface area (TPSA) is 15.3 Å². The van der Waals surface area contributed by atoms with Crippen LogP contribution in [0.2, 0.25) is 0 Å². The number of nitrogens with one attached hydrogen (secondary N) is 1. The second kappa shape index (κ2) is 7.33. The third kappa shape index (κ3) is 5.34. The molecule has 1 saturated heterocycles. The molecule has 1 aliphatic rings. The Bertz CT molecular complexity index is 397. The Balaban J connectivity index is 1.87. The van der Waals surface area contributed by atoms with Crippen molar-refractivity contribution in [2.75, 3.05) is 31.9 Å². The molecule has 0 amide bonds. The minimum absolute atomic E-state index is 0.0690. The first kappa shape index (κ1) is 15.7. The molecule has 0 aliphatic carbocycles. The average Bonchev–Trinajstić information content (AvgIpc) is 2.64. The van der Waals surface area contributed by atoms with Crippen molar-refractivity contribution in [3.05, 3.63) is 35.9 Å². The van der Waals surface area contributed by atoms with Crippen molar-refractivity contribution in [1.82, 2.24) is 10.2 Å². The zero-order valence-corrected chi connectivity index (χ0v) is 12.0. The Labute approximate surface area is 121 Å². The summed E-state index contributed by atoms with van der Waals surface area (Å²) in [7, 11) is 0. The molecule has 1 fully saturated rings. The predicted molar refractivity (Wildman–Crippen MR) is 76.8 cm³/mol. The summed E-state index contributed by atoms with van der Waals surface area (Å²) >= 11 is 0.0690. The van der Waals surface area contributed by atoms with Gasteiger partial charge in [0.1, 0.15) is 0 Å². The van der Waals surface area contributed by atoms with E-state index in [2.05, 4.69) is 22.3 Å². The molecule has 0 saturated carbocycles. The standard InChI is InChI=1S/C14H19F3N2S/c15-14(16,17)20-10-9-19-8-4-7-18-13(11-19)12-5-2-1-3-6-12/h1-3,5-6,13,18H,4,7-11H2. The van der Waals surface area contributed by atoms with Crippen molar-refractivity contribution in [3.8, 4) is 0 Å².